The van der Waals surface area contributed by atoms with Gasteiger partial charge in [0, 0.05) is 0 Å². The van der Waals surface area contributed by atoms with Gasteiger partial charge in [-0.1, -0.05) is 0 Å². The van der Waals surface area contributed by atoms with Crippen molar-refractivity contribution in [3.05, 3.63) is 0 Å². The lowest BCUT2D eigenvalue weighted by atomic mass is 10.3. The first-order valence-electron chi connectivity index (χ1n) is 2.00. The first-order chi connectivity index (χ1) is 3.06. The van der Waals surface area contributed by atoms with E-state index in [1.54, 1.807) is 0 Å². The fourth-order valence-corrected chi connectivity index (χ4v) is 0.153. The van der Waals surface area contributed by atoms with Crippen molar-refractivity contribution in [3.63, 3.8) is 0 Å². The Morgan fingerprint density at radius 1 is 1.71 bits per heavy atom. The van der Waals surface area contributed by atoms with Crippen molar-refractivity contribution in [1.29, 1.82) is 0 Å². The first kappa shape index (κ1) is 6.91. The fourth-order valence-electron chi connectivity index (χ4n) is 0.153. The molecule has 0 spiro atoms. The Bertz CT molecular complexity index is 51.4. The summed E-state index contributed by atoms with van der Waals surface area (Å²) in [7, 11) is -0.566. The third kappa shape index (κ3) is 5.91. The van der Waals surface area contributed by atoms with E-state index in [0.29, 0.717) is 0 Å². The van der Waals surface area contributed by atoms with Gasteiger partial charge in [0.15, 0.2) is 5.85 Å². The van der Waals surface area contributed by atoms with Gasteiger partial charge in [0.05, 0.1) is 0 Å². The number of rotatable bonds is 2. The summed E-state index contributed by atoms with van der Waals surface area (Å²) in [5.41, 5.74) is 0. The minimum Gasteiger partial charge on any atom is -0.430 e. The van der Waals surface area contributed by atoms with Crippen LogP contribution in [0.4, 0.5) is 4.39 Å². The molecular weight excluding hydrogens is 97.8 g/mol. The van der Waals surface area contributed by atoms with E-state index >= 15 is 0 Å². The molecule has 0 rings (SSSR count). The SMILES string of the molecule is CC(C)(F)OBO. The van der Waals surface area contributed by atoms with Crippen LogP contribution < -0.4 is 0 Å². The highest BCUT2D eigenvalue weighted by Gasteiger charge is 2.13. The predicted molar refractivity (Wildman–Crippen MR) is 25.6 cm³/mol. The summed E-state index contributed by atoms with van der Waals surface area (Å²) in [5.74, 6) is -1.70. The van der Waals surface area contributed by atoms with Gasteiger partial charge in [-0.15, -0.1) is 0 Å². The molecule has 0 saturated heterocycles. The maximum atomic E-state index is 12.0. The van der Waals surface area contributed by atoms with Crippen LogP contribution in [0, 0.1) is 0 Å². The Kier molecular flexibility index (Phi) is 2.25. The first-order valence-corrected chi connectivity index (χ1v) is 2.00. The van der Waals surface area contributed by atoms with E-state index in [1.165, 1.54) is 13.8 Å². The monoisotopic (exact) mass is 106 g/mol. The molecule has 0 bridgehead atoms. The van der Waals surface area contributed by atoms with E-state index < -0.39 is 13.5 Å². The topological polar surface area (TPSA) is 29.5 Å². The molecule has 0 heterocycles. The highest BCUT2D eigenvalue weighted by atomic mass is 19.2. The quantitative estimate of drug-likeness (QED) is 0.500. The predicted octanol–water partition coefficient (Wildman–Crippen LogP) is -0.0326. The van der Waals surface area contributed by atoms with Crippen LogP contribution >= 0.6 is 0 Å². The molecule has 0 saturated carbocycles. The average molecular weight is 106 g/mol. The third-order valence-corrected chi connectivity index (χ3v) is 0.408. The van der Waals surface area contributed by atoms with E-state index in [0.717, 1.165) is 0 Å². The number of hydrogen-bond donors (Lipinski definition) is 1. The van der Waals surface area contributed by atoms with Gasteiger partial charge in [-0.25, -0.2) is 4.39 Å². The zero-order valence-electron chi connectivity index (χ0n) is 4.44. The summed E-state index contributed by atoms with van der Waals surface area (Å²) in [5, 5.41) is 7.94. The van der Waals surface area contributed by atoms with Crippen molar-refractivity contribution in [3.8, 4) is 0 Å². The number of alkyl halides is 1. The normalized spacial score (nSPS) is 11.4. The van der Waals surface area contributed by atoms with E-state index in [1.807, 2.05) is 0 Å². The van der Waals surface area contributed by atoms with E-state index in [4.69, 9.17) is 5.02 Å². The Morgan fingerprint density at radius 2 is 2.14 bits per heavy atom. The van der Waals surface area contributed by atoms with Crippen molar-refractivity contribution in [2.45, 2.75) is 19.7 Å². The molecule has 0 aliphatic carbocycles. The highest BCUT2D eigenvalue weighted by molar-refractivity contribution is 6.15. The Morgan fingerprint density at radius 3 is 2.14 bits per heavy atom. The van der Waals surface area contributed by atoms with E-state index in [9.17, 15) is 4.39 Å². The van der Waals surface area contributed by atoms with Gasteiger partial charge >= 0.3 is 7.69 Å². The third-order valence-electron chi connectivity index (χ3n) is 0.408. The Hall–Kier alpha value is -0.0851. The van der Waals surface area contributed by atoms with E-state index in [-0.39, 0.29) is 0 Å². The van der Waals surface area contributed by atoms with Crippen molar-refractivity contribution in [1.82, 2.24) is 0 Å². The molecule has 0 aromatic rings. The lowest BCUT2D eigenvalue weighted by Crippen LogP contribution is -2.19. The molecule has 0 aliphatic rings. The lowest BCUT2D eigenvalue weighted by Gasteiger charge is -2.11. The van der Waals surface area contributed by atoms with Crippen molar-refractivity contribution >= 4 is 7.69 Å². The smallest absolute Gasteiger partial charge is 0.430 e. The molecule has 42 valence electrons. The van der Waals surface area contributed by atoms with Crippen LogP contribution in [0.15, 0.2) is 0 Å². The summed E-state index contributed by atoms with van der Waals surface area (Å²) in [6, 6.07) is 0. The van der Waals surface area contributed by atoms with Crippen molar-refractivity contribution < 1.29 is 14.1 Å². The summed E-state index contributed by atoms with van der Waals surface area (Å²) in [4.78, 5) is 0. The number of halogens is 1. The van der Waals surface area contributed by atoms with Crippen LogP contribution in [0.2, 0.25) is 0 Å². The van der Waals surface area contributed by atoms with Gasteiger partial charge in [0.2, 0.25) is 0 Å². The van der Waals surface area contributed by atoms with Crippen LogP contribution in [-0.2, 0) is 4.65 Å². The van der Waals surface area contributed by atoms with E-state index in [2.05, 4.69) is 4.65 Å². The molecule has 0 atom stereocenters. The molecular formula is C3H8BFO2. The molecule has 0 unspecified atom stereocenters. The Labute approximate surface area is 42.6 Å². The summed E-state index contributed by atoms with van der Waals surface area (Å²) < 4.78 is 16.1. The number of hydrogen-bond acceptors (Lipinski definition) is 2. The van der Waals surface area contributed by atoms with Crippen LogP contribution in [0.1, 0.15) is 13.8 Å². The fraction of sp³-hybridized carbons (Fsp3) is 1.00. The second-order valence-corrected chi connectivity index (χ2v) is 1.64. The maximum absolute atomic E-state index is 12.0. The van der Waals surface area contributed by atoms with Crippen LogP contribution in [0.5, 0.6) is 0 Å². The van der Waals surface area contributed by atoms with Gasteiger partial charge < -0.3 is 9.68 Å². The van der Waals surface area contributed by atoms with Crippen molar-refractivity contribution in [2.24, 2.45) is 0 Å². The molecule has 0 fully saturated rings. The lowest BCUT2D eigenvalue weighted by molar-refractivity contribution is -0.0342. The summed E-state index contributed by atoms with van der Waals surface area (Å²) >= 11 is 0. The largest absolute Gasteiger partial charge is 0.437 e. The van der Waals surface area contributed by atoms with Gasteiger partial charge in [0.25, 0.3) is 0 Å². The van der Waals surface area contributed by atoms with Crippen molar-refractivity contribution in [2.75, 3.05) is 0 Å². The van der Waals surface area contributed by atoms with Gasteiger partial charge in [-0.05, 0) is 13.8 Å². The highest BCUT2D eigenvalue weighted by Crippen LogP contribution is 2.06. The van der Waals surface area contributed by atoms with Crippen LogP contribution in [-0.4, -0.2) is 18.6 Å². The molecule has 0 amide bonds. The summed E-state index contributed by atoms with van der Waals surface area (Å²) in [6.45, 7) is 2.45. The zero-order valence-corrected chi connectivity index (χ0v) is 4.44. The molecule has 4 heteroatoms. The second kappa shape index (κ2) is 2.28. The standard InChI is InChI=1S/C3H8BFO2/c1-3(2,5)7-4-6/h4,6H,1-2H3. The van der Waals surface area contributed by atoms with Gasteiger partial charge in [-0.3, -0.25) is 0 Å². The molecule has 0 aromatic heterocycles. The molecule has 7 heavy (non-hydrogen) atoms. The Balaban J connectivity index is 3.15. The van der Waals surface area contributed by atoms with Crippen LogP contribution in [0.3, 0.4) is 0 Å². The minimum absolute atomic E-state index is 0.566. The van der Waals surface area contributed by atoms with Gasteiger partial charge in [0.1, 0.15) is 0 Å². The maximum Gasteiger partial charge on any atom is 0.437 e. The van der Waals surface area contributed by atoms with Crippen LogP contribution in [0.25, 0.3) is 0 Å². The van der Waals surface area contributed by atoms with Gasteiger partial charge in [-0.2, -0.15) is 0 Å². The average Bonchev–Trinajstić information content (AvgIpc) is 1.30. The molecule has 1 N–H and O–H groups in total. The zero-order chi connectivity index (χ0) is 5.91. The molecule has 0 aliphatic heterocycles. The summed E-state index contributed by atoms with van der Waals surface area (Å²) in [6.07, 6.45) is 0. The minimum atomic E-state index is -1.70. The molecule has 2 nitrogen and oxygen atoms in total. The second-order valence-electron chi connectivity index (χ2n) is 1.64. The molecule has 0 radical (unpaired) electrons. The molecule has 0 aromatic carbocycles.